The lowest BCUT2D eigenvalue weighted by atomic mass is 10.1. The van der Waals surface area contributed by atoms with Crippen LogP contribution < -0.4 is 22.6 Å². The van der Waals surface area contributed by atoms with Crippen LogP contribution in [0.4, 0.5) is 39.8 Å². The van der Waals surface area contributed by atoms with Crippen LogP contribution >= 0.6 is 0 Å². The van der Waals surface area contributed by atoms with Crippen LogP contribution in [0.25, 0.3) is 10.8 Å². The maximum absolute atomic E-state index is 12.8. The third-order valence-corrected chi connectivity index (χ3v) is 17.1. The number of fused-ring (bicyclic) bond motifs is 1. The summed E-state index contributed by atoms with van der Waals surface area (Å²) < 4.78 is 226. The number of azo groups is 2. The molecule has 11 N–H and O–H groups in total. The number of aromatic amines is 3. The van der Waals surface area contributed by atoms with Gasteiger partial charge in [0.1, 0.15) is 31.7 Å². The number of nitrogen functional groups attached to an aromatic ring is 1. The van der Waals surface area contributed by atoms with Gasteiger partial charge in [0.15, 0.2) is 25.4 Å². The summed E-state index contributed by atoms with van der Waals surface area (Å²) in [4.78, 5) is 17.5. The Morgan fingerprint density at radius 3 is 1.66 bits per heavy atom. The number of para-hydroxylation sites is 1. The number of nitrogens with zero attached hydrogens (tertiary/aromatic N) is 7. The lowest BCUT2D eigenvalue weighted by Crippen LogP contribution is -2.37. The largest absolute Gasteiger partial charge is 0.505 e. The van der Waals surface area contributed by atoms with Gasteiger partial charge in [0, 0.05) is 0 Å². The van der Waals surface area contributed by atoms with Gasteiger partial charge in [0.2, 0.25) is 16.9 Å². The Morgan fingerprint density at radius 1 is 0.544 bits per heavy atom. The van der Waals surface area contributed by atoms with E-state index in [4.69, 9.17) is 14.8 Å². The monoisotopic (exact) mass is 1240 g/mol. The molecule has 40 heteroatoms. The second kappa shape index (κ2) is 23.7. The minimum absolute atomic E-state index is 0.0539. The SMILES string of the molecule is CCc1ccccc1N=c1[nH]c(=NCCS(=O)(=O)CCOS(=O)(=O)O)[nH]c(=Nc2ccc(S(=O)(=O)O)c(N=Nc3c(S(=O)(=O)O)cc4cc(S(=O)(=O)O)c(N=Nc5ccc(S(=O)(=O)CCOS(=O)(=O)O)cc5)c(N)c4c3O)c2)[nH]1. The Hall–Kier alpha value is -7.06. The zero-order chi connectivity index (χ0) is 58.5. The number of sulfone groups is 2. The van der Waals surface area contributed by atoms with Crippen molar-refractivity contribution in [1.82, 2.24) is 15.0 Å². The highest BCUT2D eigenvalue weighted by atomic mass is 32.3. The predicted octanol–water partition coefficient (Wildman–Crippen LogP) is 2.44. The number of nitrogens with one attached hydrogen (secondary N) is 3. The fraction of sp³-hybridized carbons (Fsp3) is 0.205. The highest BCUT2D eigenvalue weighted by molar-refractivity contribution is 7.91. The van der Waals surface area contributed by atoms with E-state index >= 15 is 0 Å². The van der Waals surface area contributed by atoms with Crippen molar-refractivity contribution in [2.24, 2.45) is 35.4 Å². The molecular formula is C39H41N11O22S7. The average Bonchev–Trinajstić information content (AvgIpc) is 3.31. The zero-order valence-corrected chi connectivity index (χ0v) is 45.5. The van der Waals surface area contributed by atoms with E-state index in [1.165, 1.54) is 0 Å². The average molecular weight is 1240 g/mol. The Kier molecular flexibility index (Phi) is 18.4. The normalized spacial score (nSPS) is 14.1. The number of phenols is 1. The number of H-pyrrole nitrogens is 3. The molecular weight excluding hydrogens is 1200 g/mol. The summed E-state index contributed by atoms with van der Waals surface area (Å²) in [5.74, 6) is -3.66. The topological polar surface area (TPSA) is 539 Å². The van der Waals surface area contributed by atoms with Gasteiger partial charge in [0.05, 0.1) is 70.0 Å². The molecule has 1 heterocycles. The number of phenolic OH excluding ortho intramolecular Hbond substituents is 1. The first-order chi connectivity index (χ1) is 36.5. The van der Waals surface area contributed by atoms with E-state index in [2.05, 4.69) is 58.8 Å². The highest BCUT2D eigenvalue weighted by Gasteiger charge is 2.29. The molecule has 5 aromatic carbocycles. The highest BCUT2D eigenvalue weighted by Crippen LogP contribution is 2.48. The summed E-state index contributed by atoms with van der Waals surface area (Å²) in [6.45, 7) is -0.431. The van der Waals surface area contributed by atoms with E-state index in [9.17, 15) is 77.7 Å². The van der Waals surface area contributed by atoms with Gasteiger partial charge in [-0.3, -0.25) is 42.7 Å². The fourth-order valence-electron chi connectivity index (χ4n) is 6.73. The number of aromatic nitrogens is 3. The smallest absolute Gasteiger partial charge is 0.397 e. The van der Waals surface area contributed by atoms with E-state index in [0.717, 1.165) is 48.0 Å². The van der Waals surface area contributed by atoms with Gasteiger partial charge < -0.3 is 10.8 Å². The molecule has 0 unspecified atom stereocenters. The van der Waals surface area contributed by atoms with E-state index in [1.54, 1.807) is 24.3 Å². The van der Waals surface area contributed by atoms with Crippen LogP contribution in [0, 0.1) is 0 Å². The molecule has 0 radical (unpaired) electrons. The van der Waals surface area contributed by atoms with Crippen molar-refractivity contribution in [3.63, 3.8) is 0 Å². The van der Waals surface area contributed by atoms with Crippen LogP contribution in [0.15, 0.2) is 134 Å². The van der Waals surface area contributed by atoms with Crippen LogP contribution in [0.1, 0.15) is 12.5 Å². The van der Waals surface area contributed by atoms with Gasteiger partial charge in [0.25, 0.3) is 30.4 Å². The number of nitrogens with two attached hydrogens (primary N) is 1. The first-order valence-corrected chi connectivity index (χ1v) is 32.0. The third-order valence-electron chi connectivity index (χ3n) is 10.2. The molecule has 1 aromatic heterocycles. The van der Waals surface area contributed by atoms with Crippen molar-refractivity contribution in [3.8, 4) is 5.75 Å². The molecule has 0 aliphatic rings. The molecule has 426 valence electrons. The molecule has 0 amide bonds. The molecule has 0 saturated carbocycles. The quantitative estimate of drug-likeness (QED) is 0.0265. The predicted molar refractivity (Wildman–Crippen MR) is 273 cm³/mol. The lowest BCUT2D eigenvalue weighted by molar-refractivity contribution is 0.282. The van der Waals surface area contributed by atoms with Gasteiger partial charge >= 0.3 is 20.8 Å². The van der Waals surface area contributed by atoms with Crippen molar-refractivity contribution in [2.75, 3.05) is 42.8 Å². The number of benzene rings is 5. The Morgan fingerprint density at radius 2 is 1.08 bits per heavy atom. The second-order valence-electron chi connectivity index (χ2n) is 15.8. The summed E-state index contributed by atoms with van der Waals surface area (Å²) in [6.07, 6.45) is 0.532. The van der Waals surface area contributed by atoms with Crippen LogP contribution in [0.5, 0.6) is 5.75 Å². The van der Waals surface area contributed by atoms with Crippen LogP contribution in [-0.2, 0) is 85.6 Å². The number of anilines is 1. The maximum atomic E-state index is 12.8. The van der Waals surface area contributed by atoms with Crippen molar-refractivity contribution in [2.45, 2.75) is 32.9 Å². The summed E-state index contributed by atoms with van der Waals surface area (Å²) in [5.41, 5.74) is 2.81. The van der Waals surface area contributed by atoms with E-state index in [0.29, 0.717) is 24.2 Å². The molecule has 0 spiro atoms. The van der Waals surface area contributed by atoms with Gasteiger partial charge in [-0.1, -0.05) is 25.1 Å². The van der Waals surface area contributed by atoms with Crippen molar-refractivity contribution < 1.29 is 95.2 Å². The van der Waals surface area contributed by atoms with Crippen LogP contribution in [0.3, 0.4) is 0 Å². The number of hydrogen-bond donors (Lipinski definition) is 10. The summed E-state index contributed by atoms with van der Waals surface area (Å²) in [6, 6.07) is 14.7. The standard InChI is InChI=1S/C39H41N11O22S7/c1-2-22-5-3-4-6-27(22)43-39-45-37(41-13-16-73(52,53)17-14-71-78(65,66)67)44-38(46-39)42-25-9-12-29(75(56,57)58)28(21-25)48-50-35-31(77(62,63)64)20-23-19-30(76(59,60)61)34(33(40)32(23)36(35)51)49-47-24-7-10-26(11-8-24)74(54,55)18-15-72-79(68,69)70/h3-12,19-21,51H,2,13-18,40H2,1H3,(H,56,57,58)(H,59,60,61)(H,62,63,64)(H,65,66,67)(H,68,69,70)(H3,41,42,43,44,45,46). The van der Waals surface area contributed by atoms with Crippen molar-refractivity contribution in [3.05, 3.63) is 101 Å². The Balaban J connectivity index is 1.47. The molecule has 6 aromatic rings. The fourth-order valence-corrected chi connectivity index (χ4v) is 11.5. The van der Waals surface area contributed by atoms with Gasteiger partial charge in [-0.05, 0) is 78.0 Å². The number of rotatable bonds is 22. The number of hydrogen-bond acceptors (Lipinski definition) is 25. The third kappa shape index (κ3) is 16.7. The molecule has 0 bridgehead atoms. The maximum Gasteiger partial charge on any atom is 0.397 e. The molecule has 0 fully saturated rings. The lowest BCUT2D eigenvalue weighted by Gasteiger charge is -2.14. The number of aryl methyl sites for hydroxylation is 1. The van der Waals surface area contributed by atoms with Crippen molar-refractivity contribution >= 4 is 121 Å². The second-order valence-corrected chi connectivity index (χ2v) is 26.5. The first kappa shape index (κ1) is 61.2. The Labute approximate surface area is 447 Å². The van der Waals surface area contributed by atoms with Crippen LogP contribution in [0.2, 0.25) is 0 Å². The summed E-state index contributed by atoms with van der Waals surface area (Å²) in [7, 11) is -34.2. The minimum atomic E-state index is -5.52. The molecule has 6 rings (SSSR count). The first-order valence-electron chi connectivity index (χ1n) is 21.4. The zero-order valence-electron chi connectivity index (χ0n) is 39.7. The molecule has 0 aliphatic carbocycles. The minimum Gasteiger partial charge on any atom is -0.505 e. The van der Waals surface area contributed by atoms with Gasteiger partial charge in [-0.15, -0.1) is 15.3 Å². The van der Waals surface area contributed by atoms with E-state index < -0.39 is 167 Å². The molecule has 0 atom stereocenters. The van der Waals surface area contributed by atoms with Crippen molar-refractivity contribution in [1.29, 1.82) is 0 Å². The van der Waals surface area contributed by atoms with E-state index in [-0.39, 0.29) is 28.2 Å². The molecule has 0 saturated heterocycles. The van der Waals surface area contributed by atoms with Gasteiger partial charge in [-0.2, -0.15) is 47.2 Å². The summed E-state index contributed by atoms with van der Waals surface area (Å²) in [5, 5.41) is 25.3. The Bertz CT molecular complexity index is 4510. The number of aromatic hydroxyl groups is 1. The van der Waals surface area contributed by atoms with Crippen LogP contribution in [-0.4, -0.2) is 139 Å². The molecule has 33 nitrogen and oxygen atoms in total. The van der Waals surface area contributed by atoms with E-state index in [1.807, 2.05) is 6.92 Å². The van der Waals surface area contributed by atoms with Gasteiger partial charge in [-0.25, -0.2) is 35.2 Å². The molecule has 79 heavy (non-hydrogen) atoms. The molecule has 0 aliphatic heterocycles. The summed E-state index contributed by atoms with van der Waals surface area (Å²) >= 11 is 0.